The van der Waals surface area contributed by atoms with Crippen molar-refractivity contribution in [1.82, 2.24) is 0 Å². The van der Waals surface area contributed by atoms with Crippen LogP contribution in [0, 0.1) is 0 Å². The van der Waals surface area contributed by atoms with Crippen molar-refractivity contribution in [3.05, 3.63) is 27.3 Å². The molecule has 0 saturated carbocycles. The predicted molar refractivity (Wildman–Crippen MR) is 101 cm³/mol. The van der Waals surface area contributed by atoms with Crippen LogP contribution in [0.15, 0.2) is 37.1 Å². The molecule has 2 rings (SSSR count). The Balaban J connectivity index is 0.000000403. The van der Waals surface area contributed by atoms with Crippen LogP contribution in [-0.4, -0.2) is 63.7 Å². The number of rotatable bonds is 2. The normalized spacial score (nSPS) is 11.4. The first kappa shape index (κ1) is 25.4. The molecule has 2 heterocycles. The number of hydrogen-bond acceptors (Lipinski definition) is 8. The van der Waals surface area contributed by atoms with Crippen LogP contribution in [0.3, 0.4) is 0 Å². The van der Waals surface area contributed by atoms with E-state index in [-0.39, 0.29) is 47.5 Å². The third-order valence-electron chi connectivity index (χ3n) is 1.79. The number of halogens is 4. The summed E-state index contributed by atoms with van der Waals surface area (Å²) in [5, 5.41) is 0. The van der Waals surface area contributed by atoms with Crippen LogP contribution >= 0.6 is 86.4 Å². The van der Waals surface area contributed by atoms with Crippen LogP contribution < -0.4 is 0 Å². The maximum atomic E-state index is 10.5. The van der Waals surface area contributed by atoms with Crippen LogP contribution in [0.5, 0.6) is 0 Å². The molecule has 0 saturated heterocycles. The van der Waals surface area contributed by atoms with Crippen LogP contribution in [0.4, 0.5) is 0 Å². The topological polar surface area (TPSA) is 114 Å². The molecule has 0 aromatic carbocycles. The van der Waals surface area contributed by atoms with Crippen LogP contribution in [0.1, 0.15) is 0 Å². The van der Waals surface area contributed by atoms with Gasteiger partial charge in [-0.05, 0) is 75.9 Å². The van der Waals surface area contributed by atoms with Gasteiger partial charge in [0.2, 0.25) is 0 Å². The van der Waals surface area contributed by atoms with Crippen molar-refractivity contribution in [2.45, 2.75) is 9.79 Å². The van der Waals surface area contributed by atoms with Gasteiger partial charge >= 0.3 is 37.7 Å². The van der Waals surface area contributed by atoms with Gasteiger partial charge in [-0.25, -0.2) is 16.8 Å². The summed E-state index contributed by atoms with van der Waals surface area (Å²) in [6, 6.07) is 2.55. The average molecular weight is 682 g/mol. The monoisotopic (exact) mass is 678 g/mol. The van der Waals surface area contributed by atoms with E-state index < -0.39 is 20.2 Å². The molecule has 0 spiro atoms. The molecule has 0 N–H and O–H groups in total. The molecule has 124 valence electrons. The fourth-order valence-electron chi connectivity index (χ4n) is 0.991. The fourth-order valence-corrected chi connectivity index (χ4v) is 9.44. The van der Waals surface area contributed by atoms with Gasteiger partial charge < -0.3 is 9.11 Å². The van der Waals surface area contributed by atoms with Gasteiger partial charge in [-0.15, -0.1) is 22.7 Å². The molecule has 0 radical (unpaired) electrons. The minimum Gasteiger partial charge on any atom is -0.744 e. The third-order valence-corrected chi connectivity index (χ3v) is 8.97. The molecule has 0 aliphatic heterocycles. The third kappa shape index (κ3) is 8.30. The molecule has 0 aliphatic rings. The summed E-state index contributed by atoms with van der Waals surface area (Å²) in [7, 11) is -8.66. The Hall–Kier alpha value is 2.40. The zero-order valence-electron chi connectivity index (χ0n) is 10.5. The maximum Gasteiger partial charge on any atom is 2.00 e. The predicted octanol–water partition coefficient (Wildman–Crippen LogP) is 3.97. The molecule has 0 atom stereocenters. The first-order valence-electron chi connectivity index (χ1n) is 4.64. The first-order chi connectivity index (χ1) is 9.82. The summed E-state index contributed by atoms with van der Waals surface area (Å²) in [5.74, 6) is 0. The zero-order valence-corrected chi connectivity index (χ0v) is 22.3. The van der Waals surface area contributed by atoms with Crippen molar-refractivity contribution >= 4 is 144 Å². The van der Waals surface area contributed by atoms with Gasteiger partial charge in [0.25, 0.3) is 0 Å². The Bertz CT molecular complexity index is 814. The standard InChI is InChI=1S/2C4H2Br2O3S2.Ca/c2*5-3-1-2(4(6)10-3)11(7,8)9;/h2*1H,(H,7,8,9);/q;;+2/p-2. The minimum atomic E-state index is -4.33. The summed E-state index contributed by atoms with van der Waals surface area (Å²) in [5.41, 5.74) is 0. The molecule has 0 fully saturated rings. The van der Waals surface area contributed by atoms with Crippen LogP contribution in [0.2, 0.25) is 0 Å². The molecule has 6 nitrogen and oxygen atoms in total. The van der Waals surface area contributed by atoms with Crippen molar-refractivity contribution in [2.75, 3.05) is 0 Å². The Morgan fingerprint density at radius 2 is 1.00 bits per heavy atom. The van der Waals surface area contributed by atoms with Gasteiger partial charge in [-0.2, -0.15) is 0 Å². The quantitative estimate of drug-likeness (QED) is 0.350. The van der Waals surface area contributed by atoms with E-state index in [0.717, 1.165) is 22.7 Å². The summed E-state index contributed by atoms with van der Waals surface area (Å²) >= 11 is 14.3. The smallest absolute Gasteiger partial charge is 0.744 e. The van der Waals surface area contributed by atoms with Gasteiger partial charge in [-0.1, -0.05) is 0 Å². The Morgan fingerprint density at radius 3 is 1.09 bits per heavy atom. The van der Waals surface area contributed by atoms with Gasteiger partial charge in [0.1, 0.15) is 20.2 Å². The second-order valence-electron chi connectivity index (χ2n) is 3.29. The van der Waals surface area contributed by atoms with E-state index in [2.05, 4.69) is 63.7 Å². The number of hydrogen-bond donors (Lipinski definition) is 0. The van der Waals surface area contributed by atoms with E-state index >= 15 is 0 Å². The second kappa shape index (κ2) is 10.1. The van der Waals surface area contributed by atoms with Crippen LogP contribution in [-0.2, 0) is 20.2 Å². The SMILES string of the molecule is O=S(=O)([O-])c1cc(Br)sc1Br.O=S(=O)([O-])c1cc(Br)sc1Br.[Ca+2]. The zero-order chi connectivity index (χ0) is 17.3. The molecule has 2 aromatic heterocycles. The maximum absolute atomic E-state index is 10.5. The molecule has 15 heteroatoms. The Labute approximate surface area is 204 Å². The minimum absolute atomic E-state index is 0. The molecular formula is C8H2Br4CaO6S4. The summed E-state index contributed by atoms with van der Waals surface area (Å²) in [4.78, 5) is -0.427. The molecule has 23 heavy (non-hydrogen) atoms. The van der Waals surface area contributed by atoms with Crippen molar-refractivity contribution in [1.29, 1.82) is 0 Å². The fraction of sp³-hybridized carbons (Fsp3) is 0. The molecule has 2 aromatic rings. The first-order valence-corrected chi connectivity index (χ1v) is 12.3. The molecule has 0 amide bonds. The second-order valence-corrected chi connectivity index (χ2v) is 13.5. The van der Waals surface area contributed by atoms with E-state index in [1.807, 2.05) is 0 Å². The van der Waals surface area contributed by atoms with E-state index in [1.165, 1.54) is 12.1 Å². The van der Waals surface area contributed by atoms with E-state index in [9.17, 15) is 25.9 Å². The Morgan fingerprint density at radius 1 is 0.739 bits per heavy atom. The summed E-state index contributed by atoms with van der Waals surface area (Å²) in [6.07, 6.45) is 0. The van der Waals surface area contributed by atoms with Crippen molar-refractivity contribution < 1.29 is 25.9 Å². The molecule has 0 unspecified atom stereocenters. The van der Waals surface area contributed by atoms with E-state index in [0.29, 0.717) is 15.1 Å². The van der Waals surface area contributed by atoms with Crippen molar-refractivity contribution in [3.8, 4) is 0 Å². The van der Waals surface area contributed by atoms with Gasteiger partial charge in [-0.3, -0.25) is 0 Å². The molecule has 0 bridgehead atoms. The largest absolute Gasteiger partial charge is 2.00 e. The van der Waals surface area contributed by atoms with Crippen LogP contribution in [0.25, 0.3) is 0 Å². The van der Waals surface area contributed by atoms with E-state index in [1.54, 1.807) is 0 Å². The van der Waals surface area contributed by atoms with Gasteiger partial charge in [0, 0.05) is 0 Å². The molecular weight excluding hydrogens is 680 g/mol. The summed E-state index contributed by atoms with van der Waals surface area (Å²) < 4.78 is 64.7. The van der Waals surface area contributed by atoms with Crippen molar-refractivity contribution in [3.63, 3.8) is 0 Å². The summed E-state index contributed by atoms with van der Waals surface area (Å²) in [6.45, 7) is 0. The van der Waals surface area contributed by atoms with Gasteiger partial charge in [0.05, 0.1) is 24.9 Å². The Kier molecular flexibility index (Phi) is 11.1. The average Bonchev–Trinajstić information content (AvgIpc) is 2.80. The van der Waals surface area contributed by atoms with Gasteiger partial charge in [0.15, 0.2) is 0 Å². The van der Waals surface area contributed by atoms with E-state index in [4.69, 9.17) is 0 Å². The van der Waals surface area contributed by atoms with Crippen molar-refractivity contribution in [2.24, 2.45) is 0 Å². The number of thiophene rings is 2. The molecule has 0 aliphatic carbocycles.